The van der Waals surface area contributed by atoms with E-state index in [4.69, 9.17) is 29.6 Å². The van der Waals surface area contributed by atoms with E-state index in [2.05, 4.69) is 26.2 Å². The Labute approximate surface area is 140 Å². The molecule has 1 aromatic carbocycles. The highest BCUT2D eigenvalue weighted by atomic mass is 79.9. The second-order valence-electron chi connectivity index (χ2n) is 4.51. The fourth-order valence-corrected chi connectivity index (χ4v) is 3.19. The number of aromatic nitrogens is 1. The van der Waals surface area contributed by atoms with Crippen molar-refractivity contribution in [2.24, 2.45) is 5.73 Å². The first kappa shape index (κ1) is 16.1. The van der Waals surface area contributed by atoms with E-state index < -0.39 is 5.82 Å². The molecular formula is C14H12BrClFN3S. The largest absolute Gasteiger partial charge is 0.389 e. The molecule has 1 heterocycles. The zero-order chi connectivity index (χ0) is 15.7. The van der Waals surface area contributed by atoms with Gasteiger partial charge in [-0.3, -0.25) is 4.98 Å². The molecule has 0 saturated heterocycles. The van der Waals surface area contributed by atoms with E-state index >= 15 is 0 Å². The summed E-state index contributed by atoms with van der Waals surface area (Å²) in [5.74, 6) is -0.422. The van der Waals surface area contributed by atoms with Gasteiger partial charge >= 0.3 is 0 Å². The highest BCUT2D eigenvalue weighted by molar-refractivity contribution is 9.10. The number of aryl methyl sites for hydroxylation is 2. The normalized spacial score (nSPS) is 10.5. The quantitative estimate of drug-likeness (QED) is 0.753. The van der Waals surface area contributed by atoms with E-state index in [1.165, 1.54) is 12.1 Å². The van der Waals surface area contributed by atoms with Crippen LogP contribution in [0.3, 0.4) is 0 Å². The molecule has 0 amide bonds. The minimum absolute atomic E-state index is 0.233. The fraction of sp³-hybridized carbons (Fsp3) is 0.143. The SMILES string of the molecule is Cc1cc(Nc2c(Cl)cc(F)cc2Br)c(C(N)=S)c(C)n1. The Morgan fingerprint density at radius 2 is 2.05 bits per heavy atom. The van der Waals surface area contributed by atoms with Gasteiger partial charge in [0.1, 0.15) is 10.8 Å². The van der Waals surface area contributed by atoms with Gasteiger partial charge in [0.15, 0.2) is 0 Å². The van der Waals surface area contributed by atoms with Crippen LogP contribution in [0, 0.1) is 19.7 Å². The maximum Gasteiger partial charge on any atom is 0.125 e. The number of pyridine rings is 1. The van der Waals surface area contributed by atoms with Crippen LogP contribution in [0.2, 0.25) is 5.02 Å². The van der Waals surface area contributed by atoms with E-state index in [1.807, 2.05) is 19.9 Å². The van der Waals surface area contributed by atoms with E-state index in [9.17, 15) is 4.39 Å². The lowest BCUT2D eigenvalue weighted by Crippen LogP contribution is -2.15. The van der Waals surface area contributed by atoms with E-state index in [-0.39, 0.29) is 10.0 Å². The van der Waals surface area contributed by atoms with Crippen LogP contribution < -0.4 is 11.1 Å². The molecule has 1 aromatic heterocycles. The van der Waals surface area contributed by atoms with Crippen LogP contribution in [0.25, 0.3) is 0 Å². The lowest BCUT2D eigenvalue weighted by atomic mass is 10.1. The molecule has 0 saturated carbocycles. The Morgan fingerprint density at radius 3 is 2.62 bits per heavy atom. The first-order chi connectivity index (χ1) is 9.79. The van der Waals surface area contributed by atoms with Crippen molar-refractivity contribution in [3.63, 3.8) is 0 Å². The summed E-state index contributed by atoms with van der Waals surface area (Å²) >= 11 is 14.4. The highest BCUT2D eigenvalue weighted by Crippen LogP contribution is 2.35. The second-order valence-corrected chi connectivity index (χ2v) is 6.21. The second kappa shape index (κ2) is 6.25. The molecule has 0 aliphatic rings. The van der Waals surface area contributed by atoms with Gasteiger partial charge in [-0.1, -0.05) is 23.8 Å². The molecule has 0 unspecified atom stereocenters. The van der Waals surface area contributed by atoms with Crippen LogP contribution in [0.1, 0.15) is 17.0 Å². The number of hydrogen-bond donors (Lipinski definition) is 2. The van der Waals surface area contributed by atoms with E-state index in [0.717, 1.165) is 11.4 Å². The van der Waals surface area contributed by atoms with Gasteiger partial charge in [-0.2, -0.15) is 0 Å². The first-order valence-electron chi connectivity index (χ1n) is 5.99. The molecule has 2 aromatic rings. The minimum Gasteiger partial charge on any atom is -0.389 e. The average Bonchev–Trinajstić information content (AvgIpc) is 2.32. The van der Waals surface area contributed by atoms with Gasteiger partial charge in [0.25, 0.3) is 0 Å². The molecule has 7 heteroatoms. The number of anilines is 2. The molecule has 0 aliphatic heterocycles. The summed E-state index contributed by atoms with van der Waals surface area (Å²) in [6, 6.07) is 4.37. The number of nitrogens with one attached hydrogen (secondary N) is 1. The molecule has 0 atom stereocenters. The predicted octanol–water partition coefficient (Wildman–Crippen LogP) is 4.63. The molecule has 3 nitrogen and oxygen atoms in total. The van der Waals surface area contributed by atoms with Crippen molar-refractivity contribution in [1.82, 2.24) is 4.98 Å². The summed E-state index contributed by atoms with van der Waals surface area (Å²) in [4.78, 5) is 4.58. The number of thiocarbonyl (C=S) groups is 1. The summed E-state index contributed by atoms with van der Waals surface area (Å²) in [6.45, 7) is 3.69. The van der Waals surface area contributed by atoms with Gasteiger partial charge in [-0.25, -0.2) is 4.39 Å². The fourth-order valence-electron chi connectivity index (χ4n) is 2.03. The first-order valence-corrected chi connectivity index (χ1v) is 7.57. The summed E-state index contributed by atoms with van der Waals surface area (Å²) in [7, 11) is 0. The molecule has 21 heavy (non-hydrogen) atoms. The molecular weight excluding hydrogens is 377 g/mol. The van der Waals surface area contributed by atoms with Gasteiger partial charge < -0.3 is 11.1 Å². The van der Waals surface area contributed by atoms with Gasteiger partial charge in [0.2, 0.25) is 0 Å². The minimum atomic E-state index is -0.422. The maximum atomic E-state index is 13.3. The van der Waals surface area contributed by atoms with Gasteiger partial charge in [0.05, 0.1) is 22.0 Å². The molecule has 0 spiro atoms. The van der Waals surface area contributed by atoms with Crippen molar-refractivity contribution < 1.29 is 4.39 Å². The zero-order valence-electron chi connectivity index (χ0n) is 11.3. The lowest BCUT2D eigenvalue weighted by Gasteiger charge is -2.16. The third-order valence-electron chi connectivity index (χ3n) is 2.84. The van der Waals surface area contributed by atoms with Crippen molar-refractivity contribution in [2.75, 3.05) is 5.32 Å². The molecule has 0 radical (unpaired) electrons. The number of halogens is 3. The Bertz CT molecular complexity index is 713. The van der Waals surface area contributed by atoms with Crippen LogP contribution in [0.5, 0.6) is 0 Å². The molecule has 110 valence electrons. The summed E-state index contributed by atoms with van der Waals surface area (Å²) in [5, 5.41) is 3.40. The maximum absolute atomic E-state index is 13.3. The topological polar surface area (TPSA) is 50.9 Å². The van der Waals surface area contributed by atoms with E-state index in [0.29, 0.717) is 21.4 Å². The van der Waals surface area contributed by atoms with Crippen LogP contribution in [-0.4, -0.2) is 9.97 Å². The van der Waals surface area contributed by atoms with Crippen LogP contribution in [0.4, 0.5) is 15.8 Å². The summed E-state index contributed by atoms with van der Waals surface area (Å²) in [5.41, 5.74) is 9.16. The predicted molar refractivity (Wildman–Crippen MR) is 92.0 cm³/mol. The van der Waals surface area contributed by atoms with Gasteiger partial charge in [-0.05, 0) is 48.0 Å². The van der Waals surface area contributed by atoms with Gasteiger partial charge in [-0.15, -0.1) is 0 Å². The molecule has 0 fully saturated rings. The third-order valence-corrected chi connectivity index (χ3v) is 3.97. The van der Waals surface area contributed by atoms with Crippen molar-refractivity contribution >= 4 is 56.1 Å². The summed E-state index contributed by atoms with van der Waals surface area (Å²) in [6.07, 6.45) is 0. The molecule has 2 rings (SSSR count). The Morgan fingerprint density at radius 1 is 1.38 bits per heavy atom. The lowest BCUT2D eigenvalue weighted by molar-refractivity contribution is 0.627. The number of benzene rings is 1. The molecule has 3 N–H and O–H groups in total. The van der Waals surface area contributed by atoms with Crippen LogP contribution in [0.15, 0.2) is 22.7 Å². The monoisotopic (exact) mass is 387 g/mol. The van der Waals surface area contributed by atoms with Crippen molar-refractivity contribution in [3.8, 4) is 0 Å². The standard InChI is InChI=1S/C14H12BrClFN3S/c1-6-3-11(12(14(18)21)7(2)19-6)20-13-9(15)4-8(17)5-10(13)16/h3-5H,1-2H3,(H2,18,21)(H,19,20). The van der Waals surface area contributed by atoms with Crippen LogP contribution >= 0.6 is 39.7 Å². The van der Waals surface area contributed by atoms with E-state index in [1.54, 1.807) is 0 Å². The highest BCUT2D eigenvalue weighted by Gasteiger charge is 2.15. The van der Waals surface area contributed by atoms with Crippen molar-refractivity contribution in [2.45, 2.75) is 13.8 Å². The average molecular weight is 389 g/mol. The Kier molecular flexibility index (Phi) is 4.81. The zero-order valence-corrected chi connectivity index (χ0v) is 14.5. The Balaban J connectivity index is 2.57. The van der Waals surface area contributed by atoms with Crippen LogP contribution in [-0.2, 0) is 0 Å². The Hall–Kier alpha value is -1.24. The number of nitrogens with zero attached hydrogens (tertiary/aromatic N) is 1. The van der Waals surface area contributed by atoms with Crippen molar-refractivity contribution in [1.29, 1.82) is 0 Å². The number of hydrogen-bond acceptors (Lipinski definition) is 3. The number of nitrogens with two attached hydrogens (primary N) is 1. The molecule has 0 aliphatic carbocycles. The van der Waals surface area contributed by atoms with Gasteiger partial charge in [0, 0.05) is 15.9 Å². The summed E-state index contributed by atoms with van der Waals surface area (Å²) < 4.78 is 13.8. The third kappa shape index (κ3) is 3.51. The number of rotatable bonds is 3. The molecule has 0 bridgehead atoms. The van der Waals surface area contributed by atoms with Crippen molar-refractivity contribution in [3.05, 3.63) is 50.5 Å². The smallest absolute Gasteiger partial charge is 0.125 e.